The van der Waals surface area contributed by atoms with Gasteiger partial charge in [-0.1, -0.05) is 57.5 Å². The number of nitrogens with one attached hydrogen (secondary N) is 1. The summed E-state index contributed by atoms with van der Waals surface area (Å²) < 4.78 is 0. The number of benzene rings is 1. The summed E-state index contributed by atoms with van der Waals surface area (Å²) in [6.45, 7) is 13.7. The summed E-state index contributed by atoms with van der Waals surface area (Å²) in [6, 6.07) is 9.89. The number of hydrogen-bond acceptors (Lipinski definition) is 1. The summed E-state index contributed by atoms with van der Waals surface area (Å²) >= 11 is 0. The van der Waals surface area contributed by atoms with Crippen LogP contribution in [0.4, 0.5) is 0 Å². The van der Waals surface area contributed by atoms with Crippen molar-refractivity contribution in [3.05, 3.63) is 35.4 Å². The molecule has 0 unspecified atom stereocenters. The predicted octanol–water partition coefficient (Wildman–Crippen LogP) is 5.11. The Morgan fingerprint density at radius 3 is 2.00 bits per heavy atom. The zero-order valence-electron chi connectivity index (χ0n) is 13.5. The standard InChI is InChI=1S/C18H31N/c1-13(2)10-18(11-14(3)4)19-16(6)17-9-7-8-15(5)12-17/h7-9,12-14,16,18-19H,10-11H2,1-6H3/t16-/m1/s1. The van der Waals surface area contributed by atoms with Crippen LogP contribution in [0.25, 0.3) is 0 Å². The van der Waals surface area contributed by atoms with Gasteiger partial charge in [0.25, 0.3) is 0 Å². The van der Waals surface area contributed by atoms with Gasteiger partial charge in [0, 0.05) is 12.1 Å². The van der Waals surface area contributed by atoms with Crippen molar-refractivity contribution < 1.29 is 0 Å². The fourth-order valence-corrected chi connectivity index (χ4v) is 2.76. The lowest BCUT2D eigenvalue weighted by Crippen LogP contribution is -2.34. The maximum Gasteiger partial charge on any atom is 0.0294 e. The maximum absolute atomic E-state index is 3.82. The zero-order chi connectivity index (χ0) is 14.4. The Morgan fingerprint density at radius 2 is 1.53 bits per heavy atom. The van der Waals surface area contributed by atoms with Crippen LogP contribution < -0.4 is 5.32 Å². The highest BCUT2D eigenvalue weighted by Gasteiger charge is 2.16. The molecular weight excluding hydrogens is 230 g/mol. The van der Waals surface area contributed by atoms with Crippen LogP contribution in [0.15, 0.2) is 24.3 Å². The number of aryl methyl sites for hydroxylation is 1. The first-order chi connectivity index (χ1) is 8.88. The van der Waals surface area contributed by atoms with Crippen molar-refractivity contribution in [2.24, 2.45) is 11.8 Å². The summed E-state index contributed by atoms with van der Waals surface area (Å²) in [4.78, 5) is 0. The molecule has 19 heavy (non-hydrogen) atoms. The third kappa shape index (κ3) is 6.24. The molecule has 1 N–H and O–H groups in total. The second-order valence-electron chi connectivity index (χ2n) is 6.76. The fraction of sp³-hybridized carbons (Fsp3) is 0.667. The molecule has 0 saturated carbocycles. The minimum atomic E-state index is 0.433. The molecule has 0 spiro atoms. The molecule has 0 saturated heterocycles. The maximum atomic E-state index is 3.82. The molecule has 0 aliphatic heterocycles. The number of hydrogen-bond donors (Lipinski definition) is 1. The zero-order valence-corrected chi connectivity index (χ0v) is 13.5. The topological polar surface area (TPSA) is 12.0 Å². The van der Waals surface area contributed by atoms with Gasteiger partial charge in [-0.25, -0.2) is 0 Å². The number of rotatable bonds is 7. The Kier molecular flexibility index (Phi) is 6.57. The Balaban J connectivity index is 2.66. The van der Waals surface area contributed by atoms with Crippen molar-refractivity contribution in [3.8, 4) is 0 Å². The minimum Gasteiger partial charge on any atom is -0.307 e. The van der Waals surface area contributed by atoms with Gasteiger partial charge in [-0.05, 0) is 44.1 Å². The third-order valence-corrected chi connectivity index (χ3v) is 3.54. The van der Waals surface area contributed by atoms with Gasteiger partial charge in [-0.15, -0.1) is 0 Å². The van der Waals surface area contributed by atoms with E-state index in [1.54, 1.807) is 0 Å². The van der Waals surface area contributed by atoms with Crippen LogP contribution in [-0.2, 0) is 0 Å². The van der Waals surface area contributed by atoms with E-state index >= 15 is 0 Å². The van der Waals surface area contributed by atoms with Crippen LogP contribution >= 0.6 is 0 Å². The lowest BCUT2D eigenvalue weighted by Gasteiger charge is -2.26. The van der Waals surface area contributed by atoms with Crippen molar-refractivity contribution in [2.45, 2.75) is 66.5 Å². The highest BCUT2D eigenvalue weighted by atomic mass is 14.9. The molecule has 1 heteroatoms. The molecule has 0 bridgehead atoms. The summed E-state index contributed by atoms with van der Waals surface area (Å²) in [5, 5.41) is 3.82. The SMILES string of the molecule is Cc1cccc([C@@H](C)NC(CC(C)C)CC(C)C)c1. The van der Waals surface area contributed by atoms with Gasteiger partial charge in [0.1, 0.15) is 0 Å². The second-order valence-corrected chi connectivity index (χ2v) is 6.76. The van der Waals surface area contributed by atoms with Crippen molar-refractivity contribution >= 4 is 0 Å². The lowest BCUT2D eigenvalue weighted by atomic mass is 9.94. The lowest BCUT2D eigenvalue weighted by molar-refractivity contribution is 0.335. The van der Waals surface area contributed by atoms with E-state index in [9.17, 15) is 0 Å². The first kappa shape index (κ1) is 16.2. The summed E-state index contributed by atoms with van der Waals surface area (Å²) in [7, 11) is 0. The van der Waals surface area contributed by atoms with E-state index in [0.29, 0.717) is 12.1 Å². The van der Waals surface area contributed by atoms with E-state index in [4.69, 9.17) is 0 Å². The molecule has 0 heterocycles. The largest absolute Gasteiger partial charge is 0.307 e. The Hall–Kier alpha value is -0.820. The van der Waals surface area contributed by atoms with Crippen LogP contribution in [0, 0.1) is 18.8 Å². The Labute approximate surface area is 119 Å². The van der Waals surface area contributed by atoms with Gasteiger partial charge in [-0.3, -0.25) is 0 Å². The van der Waals surface area contributed by atoms with Gasteiger partial charge in [0.05, 0.1) is 0 Å². The van der Waals surface area contributed by atoms with Crippen LogP contribution in [0.5, 0.6) is 0 Å². The smallest absolute Gasteiger partial charge is 0.0294 e. The average molecular weight is 261 g/mol. The molecule has 0 radical (unpaired) electrons. The molecule has 1 aromatic rings. The van der Waals surface area contributed by atoms with E-state index in [0.717, 1.165) is 11.8 Å². The van der Waals surface area contributed by atoms with Gasteiger partial charge in [-0.2, -0.15) is 0 Å². The normalized spacial score (nSPS) is 13.5. The highest BCUT2D eigenvalue weighted by Crippen LogP contribution is 2.19. The molecule has 0 aromatic heterocycles. The van der Waals surface area contributed by atoms with Gasteiger partial charge in [0.15, 0.2) is 0 Å². The minimum absolute atomic E-state index is 0.433. The Bertz CT molecular complexity index is 358. The van der Waals surface area contributed by atoms with E-state index in [1.807, 2.05) is 0 Å². The molecule has 0 aliphatic carbocycles. The first-order valence-electron chi connectivity index (χ1n) is 7.71. The molecule has 1 nitrogen and oxygen atoms in total. The quantitative estimate of drug-likeness (QED) is 0.719. The summed E-state index contributed by atoms with van der Waals surface area (Å²) in [6.07, 6.45) is 2.52. The molecule has 108 valence electrons. The van der Waals surface area contributed by atoms with Crippen molar-refractivity contribution in [2.75, 3.05) is 0 Å². The molecular formula is C18H31N. The fourth-order valence-electron chi connectivity index (χ4n) is 2.76. The van der Waals surface area contributed by atoms with Crippen molar-refractivity contribution in [1.82, 2.24) is 5.32 Å². The first-order valence-corrected chi connectivity index (χ1v) is 7.71. The van der Waals surface area contributed by atoms with Crippen LogP contribution in [0.2, 0.25) is 0 Å². The summed E-state index contributed by atoms with van der Waals surface area (Å²) in [5.41, 5.74) is 2.74. The monoisotopic (exact) mass is 261 g/mol. The summed E-state index contributed by atoms with van der Waals surface area (Å²) in [5.74, 6) is 1.50. The molecule has 0 amide bonds. The molecule has 1 atom stereocenters. The van der Waals surface area contributed by atoms with Crippen LogP contribution in [0.3, 0.4) is 0 Å². The molecule has 1 rings (SSSR count). The van der Waals surface area contributed by atoms with E-state index in [1.165, 1.54) is 24.0 Å². The molecule has 0 aliphatic rings. The van der Waals surface area contributed by atoms with Crippen molar-refractivity contribution in [1.29, 1.82) is 0 Å². The predicted molar refractivity (Wildman–Crippen MR) is 85.4 cm³/mol. The van der Waals surface area contributed by atoms with Gasteiger partial charge < -0.3 is 5.32 Å². The molecule has 0 fully saturated rings. The molecule has 1 aromatic carbocycles. The van der Waals surface area contributed by atoms with Crippen LogP contribution in [0.1, 0.15) is 64.6 Å². The average Bonchev–Trinajstić information content (AvgIpc) is 2.26. The van der Waals surface area contributed by atoms with Gasteiger partial charge >= 0.3 is 0 Å². The van der Waals surface area contributed by atoms with Crippen LogP contribution in [-0.4, -0.2) is 6.04 Å². The van der Waals surface area contributed by atoms with E-state index in [-0.39, 0.29) is 0 Å². The Morgan fingerprint density at radius 1 is 0.947 bits per heavy atom. The van der Waals surface area contributed by atoms with E-state index < -0.39 is 0 Å². The second kappa shape index (κ2) is 7.69. The van der Waals surface area contributed by atoms with Gasteiger partial charge in [0.2, 0.25) is 0 Å². The third-order valence-electron chi connectivity index (χ3n) is 3.54. The highest BCUT2D eigenvalue weighted by molar-refractivity contribution is 5.24. The van der Waals surface area contributed by atoms with E-state index in [2.05, 4.69) is 71.1 Å². The van der Waals surface area contributed by atoms with Crippen molar-refractivity contribution in [3.63, 3.8) is 0 Å².